The van der Waals surface area contributed by atoms with Crippen LogP contribution in [0, 0.1) is 29.5 Å². The van der Waals surface area contributed by atoms with Crippen molar-refractivity contribution in [2.24, 2.45) is 5.41 Å². The first-order valence-corrected chi connectivity index (χ1v) is 12.3. The standard InChI is InChI=1S/C25H24ClFN8/c1-16-19(27)3-5-21(29-16)32-12-24(13-32)14-33(15-24)23-31-30-22-10-34(25(11-28)6-7-25)9-17-8-18(26)2-4-20(17)35(22)23/h2-5,8H,6-7,9-10,12-15H2,1H3. The van der Waals surface area contributed by atoms with E-state index in [2.05, 4.69) is 40.5 Å². The fourth-order valence-electron chi connectivity index (χ4n) is 5.85. The molecule has 0 atom stereocenters. The number of nitriles is 1. The minimum absolute atomic E-state index is 0.189. The van der Waals surface area contributed by atoms with E-state index in [4.69, 9.17) is 11.6 Å². The third-order valence-electron chi connectivity index (χ3n) is 7.94. The van der Waals surface area contributed by atoms with E-state index in [1.54, 1.807) is 13.0 Å². The average molecular weight is 491 g/mol. The maximum Gasteiger partial charge on any atom is 0.231 e. The van der Waals surface area contributed by atoms with Gasteiger partial charge in [-0.05, 0) is 55.7 Å². The van der Waals surface area contributed by atoms with E-state index in [0.29, 0.717) is 23.8 Å². The number of aromatic nitrogens is 4. The minimum Gasteiger partial charge on any atom is -0.355 e. The summed E-state index contributed by atoms with van der Waals surface area (Å²) >= 11 is 6.36. The first-order chi connectivity index (χ1) is 16.9. The summed E-state index contributed by atoms with van der Waals surface area (Å²) in [6, 6.07) is 11.7. The van der Waals surface area contributed by atoms with Gasteiger partial charge < -0.3 is 9.80 Å². The molecule has 3 aromatic rings. The lowest BCUT2D eigenvalue weighted by Gasteiger charge is -2.60. The summed E-state index contributed by atoms with van der Waals surface area (Å²) in [5, 5.41) is 19.7. The van der Waals surface area contributed by atoms with Crippen LogP contribution in [0.1, 0.15) is 29.9 Å². The Kier molecular flexibility index (Phi) is 4.31. The number of rotatable bonds is 3. The Morgan fingerprint density at radius 3 is 2.51 bits per heavy atom. The lowest BCUT2D eigenvalue weighted by Crippen LogP contribution is -2.73. The van der Waals surface area contributed by atoms with Gasteiger partial charge in [0.15, 0.2) is 5.82 Å². The van der Waals surface area contributed by atoms with Crippen molar-refractivity contribution in [3.63, 3.8) is 0 Å². The van der Waals surface area contributed by atoms with Crippen LogP contribution < -0.4 is 9.80 Å². The first-order valence-electron chi connectivity index (χ1n) is 11.9. The summed E-state index contributed by atoms with van der Waals surface area (Å²) in [6.45, 7) is 6.50. The molecule has 0 N–H and O–H groups in total. The molecule has 0 bridgehead atoms. The molecule has 2 aromatic heterocycles. The van der Waals surface area contributed by atoms with Gasteiger partial charge in [0.2, 0.25) is 5.95 Å². The molecule has 4 aliphatic rings. The lowest BCUT2D eigenvalue weighted by atomic mass is 9.73. The second kappa shape index (κ2) is 7.15. The highest BCUT2D eigenvalue weighted by Gasteiger charge is 2.54. The number of hydrogen-bond donors (Lipinski definition) is 0. The van der Waals surface area contributed by atoms with Crippen LogP contribution in [0.4, 0.5) is 16.2 Å². The van der Waals surface area contributed by atoms with Gasteiger partial charge in [-0.2, -0.15) is 5.26 Å². The monoisotopic (exact) mass is 490 g/mol. The van der Waals surface area contributed by atoms with Gasteiger partial charge in [0, 0.05) is 43.2 Å². The van der Waals surface area contributed by atoms with Crippen molar-refractivity contribution in [1.29, 1.82) is 5.26 Å². The van der Waals surface area contributed by atoms with Crippen molar-refractivity contribution >= 4 is 23.4 Å². The van der Waals surface area contributed by atoms with Gasteiger partial charge in [-0.1, -0.05) is 11.6 Å². The molecule has 1 aromatic carbocycles. The molecule has 3 fully saturated rings. The number of halogens is 2. The van der Waals surface area contributed by atoms with Crippen LogP contribution in [0.2, 0.25) is 5.02 Å². The molecule has 1 aliphatic carbocycles. The summed E-state index contributed by atoms with van der Waals surface area (Å²) < 4.78 is 15.7. The van der Waals surface area contributed by atoms with Crippen molar-refractivity contribution < 1.29 is 4.39 Å². The molecular formula is C25H24ClFN8. The van der Waals surface area contributed by atoms with Crippen LogP contribution in [-0.2, 0) is 13.1 Å². The van der Waals surface area contributed by atoms with Gasteiger partial charge in [-0.15, -0.1) is 10.2 Å². The number of aryl methyl sites for hydroxylation is 1. The molecule has 1 spiro atoms. The average Bonchev–Trinajstić information content (AvgIpc) is 3.52. The van der Waals surface area contributed by atoms with E-state index in [0.717, 1.165) is 67.9 Å². The fraction of sp³-hybridized carbons (Fsp3) is 0.440. The van der Waals surface area contributed by atoms with E-state index >= 15 is 0 Å². The Hall–Kier alpha value is -3.22. The normalized spacial score (nSPS) is 21.4. The van der Waals surface area contributed by atoms with Crippen molar-refractivity contribution in [1.82, 2.24) is 24.6 Å². The molecule has 10 heteroatoms. The molecule has 3 aliphatic heterocycles. The molecule has 2 saturated heterocycles. The molecule has 7 rings (SSSR count). The Balaban J connectivity index is 1.15. The predicted octanol–water partition coefficient (Wildman–Crippen LogP) is 3.46. The minimum atomic E-state index is -0.413. The van der Waals surface area contributed by atoms with Gasteiger partial charge in [0.05, 0.1) is 24.0 Å². The zero-order valence-corrected chi connectivity index (χ0v) is 20.1. The lowest BCUT2D eigenvalue weighted by molar-refractivity contribution is 0.153. The highest BCUT2D eigenvalue weighted by molar-refractivity contribution is 6.30. The molecular weight excluding hydrogens is 467 g/mol. The van der Waals surface area contributed by atoms with Gasteiger partial charge in [-0.25, -0.2) is 9.37 Å². The van der Waals surface area contributed by atoms with Crippen molar-refractivity contribution in [3.8, 4) is 11.8 Å². The number of hydrogen-bond acceptors (Lipinski definition) is 7. The quantitative estimate of drug-likeness (QED) is 0.556. The van der Waals surface area contributed by atoms with Crippen molar-refractivity contribution in [3.05, 3.63) is 58.3 Å². The number of benzene rings is 1. The molecule has 0 unspecified atom stereocenters. The second-order valence-corrected chi connectivity index (χ2v) is 10.9. The molecule has 178 valence electrons. The Labute approximate surface area is 207 Å². The first kappa shape index (κ1) is 21.1. The smallest absolute Gasteiger partial charge is 0.231 e. The van der Waals surface area contributed by atoms with Crippen LogP contribution in [0.15, 0.2) is 30.3 Å². The van der Waals surface area contributed by atoms with Crippen LogP contribution in [0.3, 0.4) is 0 Å². The second-order valence-electron chi connectivity index (χ2n) is 10.5. The van der Waals surface area contributed by atoms with E-state index in [9.17, 15) is 9.65 Å². The Bertz CT molecular complexity index is 1390. The van der Waals surface area contributed by atoms with Crippen LogP contribution in [0.25, 0.3) is 5.69 Å². The summed E-state index contributed by atoms with van der Waals surface area (Å²) in [7, 11) is 0. The molecule has 35 heavy (non-hydrogen) atoms. The SMILES string of the molecule is Cc1nc(N2CC3(C2)CN(c2nnc4n2-c2ccc(Cl)cc2CN(C2(C#N)CC2)C4)C3)ccc1F. The van der Waals surface area contributed by atoms with E-state index < -0.39 is 5.54 Å². The zero-order valence-electron chi connectivity index (χ0n) is 19.4. The number of nitrogens with zero attached hydrogens (tertiary/aromatic N) is 8. The third kappa shape index (κ3) is 3.16. The fourth-order valence-corrected chi connectivity index (χ4v) is 6.04. The molecule has 0 amide bonds. The van der Waals surface area contributed by atoms with Crippen molar-refractivity contribution in [2.75, 3.05) is 36.0 Å². The Morgan fingerprint density at radius 1 is 1.03 bits per heavy atom. The van der Waals surface area contributed by atoms with Crippen molar-refractivity contribution in [2.45, 2.75) is 38.4 Å². The largest absolute Gasteiger partial charge is 0.355 e. The highest BCUT2D eigenvalue weighted by Crippen LogP contribution is 2.46. The van der Waals surface area contributed by atoms with E-state index in [1.807, 2.05) is 18.2 Å². The van der Waals surface area contributed by atoms with E-state index in [1.165, 1.54) is 6.07 Å². The van der Waals surface area contributed by atoms with Crippen LogP contribution >= 0.6 is 11.6 Å². The zero-order chi connectivity index (χ0) is 23.9. The topological polar surface area (TPSA) is 77.1 Å². The summed E-state index contributed by atoms with van der Waals surface area (Å²) in [6.07, 6.45) is 1.77. The van der Waals surface area contributed by atoms with Gasteiger partial charge in [0.1, 0.15) is 17.2 Å². The van der Waals surface area contributed by atoms with Crippen LogP contribution in [-0.4, -0.2) is 56.4 Å². The number of anilines is 2. The molecule has 5 heterocycles. The van der Waals surface area contributed by atoms with Gasteiger partial charge in [0.25, 0.3) is 0 Å². The highest BCUT2D eigenvalue weighted by atomic mass is 35.5. The summed E-state index contributed by atoms with van der Waals surface area (Å²) in [5.74, 6) is 2.26. The summed E-state index contributed by atoms with van der Waals surface area (Å²) in [4.78, 5) is 11.1. The van der Waals surface area contributed by atoms with Gasteiger partial charge >= 0.3 is 0 Å². The van der Waals surface area contributed by atoms with E-state index in [-0.39, 0.29) is 11.2 Å². The summed E-state index contributed by atoms with van der Waals surface area (Å²) in [5.41, 5.74) is 2.32. The maximum atomic E-state index is 13.6. The number of pyridine rings is 1. The predicted molar refractivity (Wildman–Crippen MR) is 129 cm³/mol. The van der Waals surface area contributed by atoms with Gasteiger partial charge in [-0.3, -0.25) is 9.47 Å². The molecule has 8 nitrogen and oxygen atoms in total. The Morgan fingerprint density at radius 2 is 1.80 bits per heavy atom. The molecule has 1 saturated carbocycles. The molecule has 0 radical (unpaired) electrons. The number of fused-ring (bicyclic) bond motifs is 3. The third-order valence-corrected chi connectivity index (χ3v) is 8.18. The maximum absolute atomic E-state index is 13.6. The van der Waals surface area contributed by atoms with Crippen LogP contribution in [0.5, 0.6) is 0 Å².